The SMILES string of the molecule is CCCC[S@@+]([O-])c1sc2nc(-c3ccc(N)nc3)cc(-c3ccccc3)c2c1N. The van der Waals surface area contributed by atoms with Crippen molar-refractivity contribution in [3.8, 4) is 22.4 Å². The zero-order valence-corrected chi connectivity index (χ0v) is 17.7. The summed E-state index contributed by atoms with van der Waals surface area (Å²) in [6, 6.07) is 15.8. The molecule has 148 valence electrons. The number of nitrogen functional groups attached to an aromatic ring is 2. The van der Waals surface area contributed by atoms with Crippen LogP contribution in [0.5, 0.6) is 0 Å². The van der Waals surface area contributed by atoms with Crippen molar-refractivity contribution >= 4 is 44.2 Å². The molecule has 1 aromatic carbocycles. The van der Waals surface area contributed by atoms with Gasteiger partial charge in [0.05, 0.1) is 5.69 Å². The molecule has 0 saturated heterocycles. The number of anilines is 2. The molecule has 4 N–H and O–H groups in total. The summed E-state index contributed by atoms with van der Waals surface area (Å²) in [6.07, 6.45) is 3.62. The molecular weight excluding hydrogens is 400 g/mol. The summed E-state index contributed by atoms with van der Waals surface area (Å²) in [5.74, 6) is 1.08. The zero-order valence-electron chi connectivity index (χ0n) is 16.1. The minimum Gasteiger partial charge on any atom is -0.611 e. The van der Waals surface area contributed by atoms with Gasteiger partial charge in [0.15, 0.2) is 0 Å². The number of fused-ring (bicyclic) bond motifs is 1. The number of nitrogens with zero attached hydrogens (tertiary/aromatic N) is 2. The minimum atomic E-state index is -1.12. The molecular formula is C22H22N4OS2. The number of benzene rings is 1. The largest absolute Gasteiger partial charge is 0.611 e. The second-order valence-corrected chi connectivity index (χ2v) is 9.54. The molecule has 0 spiro atoms. The highest BCUT2D eigenvalue weighted by molar-refractivity contribution is 7.93. The summed E-state index contributed by atoms with van der Waals surface area (Å²) in [4.78, 5) is 9.81. The lowest BCUT2D eigenvalue weighted by atomic mass is 10.0. The third kappa shape index (κ3) is 3.94. The first kappa shape index (κ1) is 19.7. The lowest BCUT2D eigenvalue weighted by molar-refractivity contribution is 0.594. The van der Waals surface area contributed by atoms with Gasteiger partial charge in [0, 0.05) is 17.1 Å². The van der Waals surface area contributed by atoms with Crippen molar-refractivity contribution in [2.24, 2.45) is 0 Å². The van der Waals surface area contributed by atoms with Gasteiger partial charge in [0.1, 0.15) is 22.1 Å². The number of rotatable bonds is 6. The molecule has 7 heteroatoms. The van der Waals surface area contributed by atoms with Crippen LogP contribution in [-0.2, 0) is 11.2 Å². The van der Waals surface area contributed by atoms with E-state index in [0.717, 1.165) is 45.4 Å². The van der Waals surface area contributed by atoms with E-state index in [1.807, 2.05) is 42.5 Å². The van der Waals surface area contributed by atoms with Gasteiger partial charge in [0.2, 0.25) is 4.21 Å². The Bertz CT molecular complexity index is 1130. The first-order chi connectivity index (χ1) is 14.1. The Morgan fingerprint density at radius 1 is 1.07 bits per heavy atom. The van der Waals surface area contributed by atoms with Gasteiger partial charge in [-0.2, -0.15) is 0 Å². The lowest BCUT2D eigenvalue weighted by Gasteiger charge is -2.09. The molecule has 3 aromatic heterocycles. The van der Waals surface area contributed by atoms with Gasteiger partial charge in [-0.15, -0.1) is 0 Å². The smallest absolute Gasteiger partial charge is 0.232 e. The van der Waals surface area contributed by atoms with Crippen molar-refractivity contribution in [2.75, 3.05) is 17.2 Å². The summed E-state index contributed by atoms with van der Waals surface area (Å²) >= 11 is 0.300. The van der Waals surface area contributed by atoms with Crippen LogP contribution in [0.25, 0.3) is 32.6 Å². The molecule has 0 unspecified atom stereocenters. The standard InChI is InChI=1S/C22H22N4OS2/c1-2-3-11-29(27)22-20(24)19-16(14-7-5-4-6-8-14)12-17(26-21(19)28-22)15-9-10-18(23)25-13-15/h4-10,12-13H,2-3,11,24H2,1H3,(H2,23,25)/t29-/m1/s1. The van der Waals surface area contributed by atoms with Crippen LogP contribution in [0.3, 0.4) is 0 Å². The predicted octanol–water partition coefficient (Wildman–Crippen LogP) is 5.10. The second kappa shape index (κ2) is 8.41. The summed E-state index contributed by atoms with van der Waals surface area (Å²) in [6.45, 7) is 2.09. The van der Waals surface area contributed by atoms with E-state index in [9.17, 15) is 4.55 Å². The van der Waals surface area contributed by atoms with Crippen molar-refractivity contribution in [2.45, 2.75) is 24.0 Å². The van der Waals surface area contributed by atoms with Crippen LogP contribution in [0.2, 0.25) is 0 Å². The van der Waals surface area contributed by atoms with Crippen LogP contribution in [0, 0.1) is 0 Å². The first-order valence-corrected chi connectivity index (χ1v) is 11.6. The maximum Gasteiger partial charge on any atom is 0.232 e. The molecule has 0 amide bonds. The van der Waals surface area contributed by atoms with Gasteiger partial charge in [-0.05, 0) is 46.9 Å². The fourth-order valence-corrected chi connectivity index (χ4v) is 5.98. The molecule has 0 radical (unpaired) electrons. The number of hydrogen-bond acceptors (Lipinski definition) is 6. The number of aromatic nitrogens is 2. The van der Waals surface area contributed by atoms with Crippen molar-refractivity contribution in [1.82, 2.24) is 9.97 Å². The quantitative estimate of drug-likeness (QED) is 0.421. The fraction of sp³-hybridized carbons (Fsp3) is 0.182. The Balaban J connectivity index is 1.93. The molecule has 0 aliphatic rings. The molecule has 0 aliphatic carbocycles. The van der Waals surface area contributed by atoms with Crippen LogP contribution >= 0.6 is 11.3 Å². The van der Waals surface area contributed by atoms with Crippen molar-refractivity contribution < 1.29 is 4.55 Å². The van der Waals surface area contributed by atoms with Gasteiger partial charge < -0.3 is 16.0 Å². The van der Waals surface area contributed by atoms with E-state index in [1.54, 1.807) is 12.3 Å². The molecule has 0 fully saturated rings. The molecule has 4 rings (SSSR count). The topological polar surface area (TPSA) is 101 Å². The average molecular weight is 423 g/mol. The highest BCUT2D eigenvalue weighted by atomic mass is 32.2. The molecule has 5 nitrogen and oxygen atoms in total. The molecule has 29 heavy (non-hydrogen) atoms. The van der Waals surface area contributed by atoms with E-state index in [-0.39, 0.29) is 0 Å². The zero-order chi connectivity index (χ0) is 20.4. The third-order valence-electron chi connectivity index (χ3n) is 4.72. The van der Waals surface area contributed by atoms with E-state index in [4.69, 9.17) is 16.5 Å². The first-order valence-electron chi connectivity index (χ1n) is 9.47. The average Bonchev–Trinajstić information content (AvgIpc) is 3.09. The van der Waals surface area contributed by atoms with Gasteiger partial charge >= 0.3 is 0 Å². The number of nitrogens with two attached hydrogens (primary N) is 2. The monoisotopic (exact) mass is 422 g/mol. The Labute approximate surface area is 177 Å². The maximum atomic E-state index is 12.8. The Morgan fingerprint density at radius 3 is 2.55 bits per heavy atom. The number of unbranched alkanes of at least 4 members (excludes halogenated alkanes) is 1. The molecule has 4 aromatic rings. The van der Waals surface area contributed by atoms with Gasteiger partial charge in [0.25, 0.3) is 0 Å². The molecule has 0 saturated carbocycles. The Morgan fingerprint density at radius 2 is 1.86 bits per heavy atom. The normalized spacial score (nSPS) is 12.3. The van der Waals surface area contributed by atoms with Crippen LogP contribution in [0.4, 0.5) is 11.5 Å². The second-order valence-electron chi connectivity index (χ2n) is 6.78. The van der Waals surface area contributed by atoms with Crippen LogP contribution in [0.1, 0.15) is 19.8 Å². The molecule has 3 heterocycles. The van der Waals surface area contributed by atoms with Crippen molar-refractivity contribution in [3.05, 3.63) is 54.7 Å². The summed E-state index contributed by atoms with van der Waals surface area (Å²) < 4.78 is 13.5. The maximum absolute atomic E-state index is 12.8. The van der Waals surface area contributed by atoms with Crippen molar-refractivity contribution in [3.63, 3.8) is 0 Å². The predicted molar refractivity (Wildman–Crippen MR) is 123 cm³/mol. The minimum absolute atomic E-state index is 0.465. The van der Waals surface area contributed by atoms with E-state index < -0.39 is 11.2 Å². The summed E-state index contributed by atoms with van der Waals surface area (Å²) in [5.41, 5.74) is 16.5. The van der Waals surface area contributed by atoms with Crippen LogP contribution in [-0.4, -0.2) is 20.3 Å². The fourth-order valence-electron chi connectivity index (χ4n) is 3.19. The van der Waals surface area contributed by atoms with Gasteiger partial charge in [-0.25, -0.2) is 9.97 Å². The van der Waals surface area contributed by atoms with E-state index >= 15 is 0 Å². The van der Waals surface area contributed by atoms with Crippen LogP contribution < -0.4 is 11.5 Å². The van der Waals surface area contributed by atoms with Crippen molar-refractivity contribution in [1.29, 1.82) is 0 Å². The van der Waals surface area contributed by atoms with Gasteiger partial charge in [-0.3, -0.25) is 0 Å². The number of pyridine rings is 2. The third-order valence-corrected chi connectivity index (χ3v) is 7.72. The highest BCUT2D eigenvalue weighted by Crippen LogP contribution is 2.43. The molecule has 0 aliphatic heterocycles. The van der Waals surface area contributed by atoms with Gasteiger partial charge in [-0.1, -0.05) is 55.0 Å². The summed E-state index contributed by atoms with van der Waals surface area (Å²) in [7, 11) is 0. The lowest BCUT2D eigenvalue weighted by Crippen LogP contribution is -2.06. The van der Waals surface area contributed by atoms with Crippen LogP contribution in [0.15, 0.2) is 58.9 Å². The Kier molecular flexibility index (Phi) is 5.71. The highest BCUT2D eigenvalue weighted by Gasteiger charge is 2.24. The molecule has 0 bridgehead atoms. The Hall–Kier alpha value is -2.61. The number of thiophene rings is 1. The summed E-state index contributed by atoms with van der Waals surface area (Å²) in [5, 5.41) is 0.869. The molecule has 1 atom stereocenters. The van der Waals surface area contributed by atoms with E-state index in [2.05, 4.69) is 11.9 Å². The van der Waals surface area contributed by atoms with E-state index in [1.165, 1.54) is 11.3 Å². The number of hydrogen-bond donors (Lipinski definition) is 2. The van der Waals surface area contributed by atoms with E-state index in [0.29, 0.717) is 21.5 Å².